The number of hydrogen-bond donors (Lipinski definition) is 1. The van der Waals surface area contributed by atoms with Crippen LogP contribution in [0.3, 0.4) is 0 Å². The summed E-state index contributed by atoms with van der Waals surface area (Å²) in [5.41, 5.74) is 3.37. The number of anilines is 2. The molecule has 2 saturated heterocycles. The Bertz CT molecular complexity index is 1170. The highest BCUT2D eigenvalue weighted by atomic mass is 19.1. The van der Waals surface area contributed by atoms with E-state index < -0.39 is 0 Å². The highest BCUT2D eigenvalue weighted by Crippen LogP contribution is 2.31. The van der Waals surface area contributed by atoms with Gasteiger partial charge in [0, 0.05) is 61.6 Å². The third kappa shape index (κ3) is 4.85. The Morgan fingerprint density at radius 3 is 2.79 bits per heavy atom. The summed E-state index contributed by atoms with van der Waals surface area (Å²) in [6, 6.07) is 10.2. The highest BCUT2D eigenvalue weighted by Gasteiger charge is 2.26. The zero-order chi connectivity index (χ0) is 22.8. The molecule has 5 rings (SSSR count). The number of hydrogen-bond acceptors (Lipinski definition) is 6. The number of amides is 1. The third-order valence-electron chi connectivity index (χ3n) is 6.24. The van der Waals surface area contributed by atoms with Crippen molar-refractivity contribution in [3.63, 3.8) is 0 Å². The molecule has 3 aromatic rings. The molecular weight excluding hydrogens is 421 g/mol. The number of carbonyl (C=O) groups is 1. The van der Waals surface area contributed by atoms with Gasteiger partial charge in [-0.2, -0.15) is 0 Å². The molecule has 2 aromatic heterocycles. The first-order chi connectivity index (χ1) is 16.0. The van der Waals surface area contributed by atoms with Gasteiger partial charge in [-0.05, 0) is 42.7 Å². The smallest absolute Gasteiger partial charge is 0.219 e. The lowest BCUT2D eigenvalue weighted by Crippen LogP contribution is -2.38. The van der Waals surface area contributed by atoms with Gasteiger partial charge in [-0.15, -0.1) is 0 Å². The maximum atomic E-state index is 13.7. The summed E-state index contributed by atoms with van der Waals surface area (Å²) in [5.74, 6) is 1.39. The SMILES string of the molecule is CC(=O)N1CCCC(c2nc(Nc3cccc(F)c3)cc(-c3cncc(C4COC4)c3)n2)C1. The van der Waals surface area contributed by atoms with Crippen LogP contribution in [0.15, 0.2) is 48.8 Å². The zero-order valence-corrected chi connectivity index (χ0v) is 18.5. The number of carbonyl (C=O) groups excluding carboxylic acids is 1. The van der Waals surface area contributed by atoms with Gasteiger partial charge in [0.1, 0.15) is 17.5 Å². The summed E-state index contributed by atoms with van der Waals surface area (Å²) in [6.45, 7) is 4.36. The average molecular weight is 448 g/mol. The summed E-state index contributed by atoms with van der Waals surface area (Å²) in [4.78, 5) is 27.9. The Hall–Kier alpha value is -3.39. The minimum Gasteiger partial charge on any atom is -0.380 e. The summed E-state index contributed by atoms with van der Waals surface area (Å²) < 4.78 is 19.1. The minimum absolute atomic E-state index is 0.0341. The molecule has 2 fully saturated rings. The van der Waals surface area contributed by atoms with Crippen LogP contribution < -0.4 is 5.32 Å². The van der Waals surface area contributed by atoms with Crippen molar-refractivity contribution in [3.8, 4) is 11.3 Å². The summed E-state index contributed by atoms with van der Waals surface area (Å²) in [6.07, 6.45) is 5.48. The van der Waals surface area contributed by atoms with E-state index in [0.717, 1.165) is 36.2 Å². The number of nitrogens with zero attached hydrogens (tertiary/aromatic N) is 4. The minimum atomic E-state index is -0.321. The molecule has 0 saturated carbocycles. The fraction of sp³-hybridized carbons (Fsp3) is 0.360. The molecule has 1 atom stereocenters. The van der Waals surface area contributed by atoms with E-state index in [1.807, 2.05) is 17.2 Å². The van der Waals surface area contributed by atoms with Gasteiger partial charge in [0.05, 0.1) is 18.9 Å². The van der Waals surface area contributed by atoms with Crippen molar-refractivity contribution in [2.45, 2.75) is 31.6 Å². The lowest BCUT2D eigenvalue weighted by atomic mass is 9.96. The summed E-state index contributed by atoms with van der Waals surface area (Å²) in [5, 5.41) is 3.22. The standard InChI is InChI=1S/C25H26FN5O2/c1-16(32)31-7-3-4-17(13-31)25-29-23(19-8-18(11-27-12-19)20-14-33-15-20)10-24(30-25)28-22-6-2-5-21(26)9-22/h2,5-6,8-12,17,20H,3-4,7,13-15H2,1H3,(H,28,29,30). The molecular formula is C25H26FN5O2. The van der Waals surface area contributed by atoms with Crippen molar-refractivity contribution < 1.29 is 13.9 Å². The van der Waals surface area contributed by atoms with Crippen LogP contribution in [0.5, 0.6) is 0 Å². The lowest BCUT2D eigenvalue weighted by molar-refractivity contribution is -0.130. The number of benzene rings is 1. The predicted molar refractivity (Wildman–Crippen MR) is 123 cm³/mol. The van der Waals surface area contributed by atoms with Crippen LogP contribution in [0.2, 0.25) is 0 Å². The molecule has 0 aliphatic carbocycles. The number of pyridine rings is 1. The van der Waals surface area contributed by atoms with E-state index in [1.165, 1.54) is 12.1 Å². The Balaban J connectivity index is 1.52. The zero-order valence-electron chi connectivity index (χ0n) is 18.5. The molecule has 0 bridgehead atoms. The van der Waals surface area contributed by atoms with Gasteiger partial charge in [0.15, 0.2) is 0 Å². The normalized spacial score (nSPS) is 18.6. The number of halogens is 1. The monoisotopic (exact) mass is 447 g/mol. The van der Waals surface area contributed by atoms with Crippen LogP contribution in [0.25, 0.3) is 11.3 Å². The second-order valence-electron chi connectivity index (χ2n) is 8.68. The Morgan fingerprint density at radius 1 is 1.15 bits per heavy atom. The van der Waals surface area contributed by atoms with E-state index in [9.17, 15) is 9.18 Å². The van der Waals surface area contributed by atoms with E-state index >= 15 is 0 Å². The first kappa shape index (κ1) is 21.5. The van der Waals surface area contributed by atoms with Crippen molar-refractivity contribution in [2.24, 2.45) is 0 Å². The maximum Gasteiger partial charge on any atom is 0.219 e. The molecule has 170 valence electrons. The van der Waals surface area contributed by atoms with E-state index in [1.54, 1.807) is 25.3 Å². The van der Waals surface area contributed by atoms with Crippen molar-refractivity contribution in [1.82, 2.24) is 19.9 Å². The van der Waals surface area contributed by atoms with Crippen LogP contribution >= 0.6 is 0 Å². The summed E-state index contributed by atoms with van der Waals surface area (Å²) >= 11 is 0. The Labute approximate surface area is 192 Å². The topological polar surface area (TPSA) is 80.2 Å². The van der Waals surface area contributed by atoms with Crippen molar-refractivity contribution >= 4 is 17.4 Å². The van der Waals surface area contributed by atoms with Gasteiger partial charge >= 0.3 is 0 Å². The molecule has 2 aliphatic heterocycles. The molecule has 4 heterocycles. The van der Waals surface area contributed by atoms with Crippen molar-refractivity contribution in [2.75, 3.05) is 31.6 Å². The fourth-order valence-electron chi connectivity index (χ4n) is 4.30. The molecule has 8 heteroatoms. The first-order valence-electron chi connectivity index (χ1n) is 11.3. The Kier molecular flexibility index (Phi) is 6.00. The molecule has 1 unspecified atom stereocenters. The highest BCUT2D eigenvalue weighted by molar-refractivity contribution is 5.73. The van der Waals surface area contributed by atoms with Crippen LogP contribution in [-0.2, 0) is 9.53 Å². The molecule has 0 spiro atoms. The molecule has 2 aliphatic rings. The molecule has 0 radical (unpaired) electrons. The molecule has 1 amide bonds. The van der Waals surface area contributed by atoms with Gasteiger partial charge in [-0.3, -0.25) is 9.78 Å². The number of aromatic nitrogens is 3. The second-order valence-corrected chi connectivity index (χ2v) is 8.68. The van der Waals surface area contributed by atoms with E-state index in [4.69, 9.17) is 14.7 Å². The average Bonchev–Trinajstić information content (AvgIpc) is 2.78. The lowest BCUT2D eigenvalue weighted by Gasteiger charge is -2.31. The Morgan fingerprint density at radius 2 is 2.03 bits per heavy atom. The maximum absolute atomic E-state index is 13.7. The number of piperidine rings is 1. The largest absolute Gasteiger partial charge is 0.380 e. The van der Waals surface area contributed by atoms with Crippen LogP contribution in [0.1, 0.15) is 43.0 Å². The van der Waals surface area contributed by atoms with E-state index in [2.05, 4.69) is 16.4 Å². The predicted octanol–water partition coefficient (Wildman–Crippen LogP) is 4.26. The number of rotatable bonds is 5. The van der Waals surface area contributed by atoms with Gasteiger partial charge < -0.3 is 15.0 Å². The van der Waals surface area contributed by atoms with Gasteiger partial charge in [-0.25, -0.2) is 14.4 Å². The number of nitrogens with one attached hydrogen (secondary N) is 1. The van der Waals surface area contributed by atoms with Crippen LogP contribution in [0, 0.1) is 5.82 Å². The molecule has 33 heavy (non-hydrogen) atoms. The fourth-order valence-corrected chi connectivity index (χ4v) is 4.30. The first-order valence-corrected chi connectivity index (χ1v) is 11.3. The van der Waals surface area contributed by atoms with Crippen LogP contribution in [0.4, 0.5) is 15.9 Å². The number of ether oxygens (including phenoxy) is 1. The molecule has 7 nitrogen and oxygen atoms in total. The van der Waals surface area contributed by atoms with Gasteiger partial charge in [-0.1, -0.05) is 6.07 Å². The number of likely N-dealkylation sites (tertiary alicyclic amines) is 1. The van der Waals surface area contributed by atoms with E-state index in [-0.39, 0.29) is 17.6 Å². The second kappa shape index (κ2) is 9.23. The van der Waals surface area contributed by atoms with Crippen molar-refractivity contribution in [3.05, 3.63) is 66.0 Å². The molecule has 1 N–H and O–H groups in total. The molecule has 1 aromatic carbocycles. The van der Waals surface area contributed by atoms with Crippen LogP contribution in [-0.4, -0.2) is 52.1 Å². The van der Waals surface area contributed by atoms with Gasteiger partial charge in [0.25, 0.3) is 0 Å². The van der Waals surface area contributed by atoms with Gasteiger partial charge in [0.2, 0.25) is 5.91 Å². The quantitative estimate of drug-likeness (QED) is 0.630. The summed E-state index contributed by atoms with van der Waals surface area (Å²) in [7, 11) is 0. The van der Waals surface area contributed by atoms with E-state index in [0.29, 0.717) is 43.0 Å². The third-order valence-corrected chi connectivity index (χ3v) is 6.24. The van der Waals surface area contributed by atoms with Crippen molar-refractivity contribution in [1.29, 1.82) is 0 Å².